The van der Waals surface area contributed by atoms with E-state index < -0.39 is 17.0 Å². The Balaban J connectivity index is 1.59. The summed E-state index contributed by atoms with van der Waals surface area (Å²) in [5.74, 6) is 0.264. The van der Waals surface area contributed by atoms with Gasteiger partial charge < -0.3 is 19.6 Å². The summed E-state index contributed by atoms with van der Waals surface area (Å²) in [5.41, 5.74) is 0.809. The van der Waals surface area contributed by atoms with Crippen molar-refractivity contribution in [2.24, 2.45) is 0 Å². The van der Waals surface area contributed by atoms with Crippen LogP contribution in [0.3, 0.4) is 0 Å². The Bertz CT molecular complexity index is 1360. The SMILES string of the molecule is CCn1c(=O)c(=O)[nH]c2cc(C(=O)Nc3ncccc3OCc3ccncc3)ccc21. The van der Waals surface area contributed by atoms with E-state index in [1.807, 2.05) is 12.1 Å². The Kier molecular flexibility index (Phi) is 5.57. The normalized spacial score (nSPS) is 10.7. The van der Waals surface area contributed by atoms with E-state index in [4.69, 9.17) is 4.74 Å². The van der Waals surface area contributed by atoms with Crippen molar-refractivity contribution in [3.05, 3.63) is 92.9 Å². The van der Waals surface area contributed by atoms with Gasteiger partial charge in [-0.25, -0.2) is 4.98 Å². The van der Waals surface area contributed by atoms with Crippen molar-refractivity contribution in [1.82, 2.24) is 19.5 Å². The number of benzene rings is 1. The molecule has 4 rings (SSSR count). The van der Waals surface area contributed by atoms with Crippen LogP contribution in [-0.4, -0.2) is 25.4 Å². The molecule has 3 heterocycles. The highest BCUT2D eigenvalue weighted by atomic mass is 16.5. The number of rotatable bonds is 6. The van der Waals surface area contributed by atoms with Crippen LogP contribution in [0.5, 0.6) is 5.75 Å². The number of amides is 1. The van der Waals surface area contributed by atoms with Crippen molar-refractivity contribution in [1.29, 1.82) is 0 Å². The van der Waals surface area contributed by atoms with Crippen molar-refractivity contribution in [2.45, 2.75) is 20.1 Å². The third-order valence-electron chi connectivity index (χ3n) is 4.70. The third-order valence-corrected chi connectivity index (χ3v) is 4.70. The number of hydrogen-bond acceptors (Lipinski definition) is 6. The molecule has 156 valence electrons. The highest BCUT2D eigenvalue weighted by Gasteiger charge is 2.14. The van der Waals surface area contributed by atoms with Gasteiger partial charge in [0.2, 0.25) is 0 Å². The zero-order chi connectivity index (χ0) is 21.8. The third kappa shape index (κ3) is 4.20. The maximum absolute atomic E-state index is 12.8. The minimum absolute atomic E-state index is 0.272. The Morgan fingerprint density at radius 3 is 2.71 bits per heavy atom. The molecule has 0 spiro atoms. The molecule has 4 aromatic rings. The smallest absolute Gasteiger partial charge is 0.316 e. The summed E-state index contributed by atoms with van der Waals surface area (Å²) in [6.07, 6.45) is 4.90. The fourth-order valence-electron chi connectivity index (χ4n) is 3.16. The number of nitrogens with one attached hydrogen (secondary N) is 2. The first kappa shape index (κ1) is 20.0. The molecule has 0 aliphatic heterocycles. The molecular formula is C22H19N5O4. The molecule has 0 fully saturated rings. The Hall–Kier alpha value is -4.27. The van der Waals surface area contributed by atoms with Gasteiger partial charge >= 0.3 is 11.1 Å². The summed E-state index contributed by atoms with van der Waals surface area (Å²) in [6.45, 7) is 2.41. The van der Waals surface area contributed by atoms with Crippen LogP contribution >= 0.6 is 0 Å². The molecule has 9 nitrogen and oxygen atoms in total. The summed E-state index contributed by atoms with van der Waals surface area (Å²) in [5, 5.41) is 2.73. The molecular weight excluding hydrogens is 398 g/mol. The predicted molar refractivity (Wildman–Crippen MR) is 115 cm³/mol. The molecule has 31 heavy (non-hydrogen) atoms. The maximum Gasteiger partial charge on any atom is 0.316 e. The van der Waals surface area contributed by atoms with Crippen LogP contribution in [0.2, 0.25) is 0 Å². The first-order chi connectivity index (χ1) is 15.1. The molecule has 0 saturated heterocycles. The van der Waals surface area contributed by atoms with Gasteiger partial charge in [-0.2, -0.15) is 0 Å². The van der Waals surface area contributed by atoms with Gasteiger partial charge in [0.25, 0.3) is 5.91 Å². The van der Waals surface area contributed by atoms with Crippen LogP contribution in [0.15, 0.2) is 70.6 Å². The number of carbonyl (C=O) groups excluding carboxylic acids is 1. The number of aromatic nitrogens is 4. The number of H-pyrrole nitrogens is 1. The summed E-state index contributed by atoms with van der Waals surface area (Å²) >= 11 is 0. The summed E-state index contributed by atoms with van der Waals surface area (Å²) in [7, 11) is 0. The molecule has 9 heteroatoms. The number of aromatic amines is 1. The lowest BCUT2D eigenvalue weighted by Gasteiger charge is -2.12. The van der Waals surface area contributed by atoms with Crippen LogP contribution in [0.25, 0.3) is 11.0 Å². The number of ether oxygens (including phenoxy) is 1. The highest BCUT2D eigenvalue weighted by Crippen LogP contribution is 2.23. The summed E-state index contributed by atoms with van der Waals surface area (Å²) < 4.78 is 7.16. The predicted octanol–water partition coefficient (Wildman–Crippen LogP) is 2.33. The number of fused-ring (bicyclic) bond motifs is 1. The van der Waals surface area contributed by atoms with Gasteiger partial charge in [-0.1, -0.05) is 0 Å². The zero-order valence-electron chi connectivity index (χ0n) is 16.7. The van der Waals surface area contributed by atoms with Crippen molar-refractivity contribution in [3.8, 4) is 5.75 Å². The largest absolute Gasteiger partial charge is 0.485 e. The number of hydrogen-bond donors (Lipinski definition) is 2. The van der Waals surface area contributed by atoms with Crippen LogP contribution in [0.1, 0.15) is 22.8 Å². The quantitative estimate of drug-likeness (QED) is 0.465. The Morgan fingerprint density at radius 2 is 1.94 bits per heavy atom. The van der Waals surface area contributed by atoms with Gasteiger partial charge in [-0.3, -0.25) is 19.4 Å². The van der Waals surface area contributed by atoms with Gasteiger partial charge in [-0.15, -0.1) is 0 Å². The van der Waals surface area contributed by atoms with E-state index in [-0.39, 0.29) is 5.82 Å². The van der Waals surface area contributed by atoms with E-state index in [1.165, 1.54) is 10.6 Å². The zero-order valence-corrected chi connectivity index (χ0v) is 16.7. The van der Waals surface area contributed by atoms with Crippen LogP contribution in [0.4, 0.5) is 5.82 Å². The molecule has 1 aromatic carbocycles. The molecule has 0 unspecified atom stereocenters. The molecule has 0 bridgehead atoms. The van der Waals surface area contributed by atoms with E-state index in [0.717, 1.165) is 5.56 Å². The van der Waals surface area contributed by atoms with E-state index in [0.29, 0.717) is 35.5 Å². The first-order valence-corrected chi connectivity index (χ1v) is 9.61. The van der Waals surface area contributed by atoms with Gasteiger partial charge in [0, 0.05) is 30.7 Å². The molecule has 0 aliphatic carbocycles. The number of anilines is 1. The van der Waals surface area contributed by atoms with Gasteiger partial charge in [0.15, 0.2) is 11.6 Å². The first-order valence-electron chi connectivity index (χ1n) is 9.61. The van der Waals surface area contributed by atoms with E-state index in [9.17, 15) is 14.4 Å². The fourth-order valence-corrected chi connectivity index (χ4v) is 3.16. The number of aryl methyl sites for hydroxylation is 1. The molecule has 0 radical (unpaired) electrons. The second-order valence-electron chi connectivity index (χ2n) is 6.68. The fraction of sp³-hybridized carbons (Fsp3) is 0.136. The molecule has 1 amide bonds. The van der Waals surface area contributed by atoms with Crippen LogP contribution in [0, 0.1) is 0 Å². The lowest BCUT2D eigenvalue weighted by molar-refractivity contribution is 0.102. The Labute approximate surface area is 176 Å². The van der Waals surface area contributed by atoms with Crippen molar-refractivity contribution in [2.75, 3.05) is 5.32 Å². The lowest BCUT2D eigenvalue weighted by atomic mass is 10.1. The minimum Gasteiger partial charge on any atom is -0.485 e. The topological polar surface area (TPSA) is 119 Å². The second kappa shape index (κ2) is 8.62. The number of pyridine rings is 2. The molecule has 0 saturated carbocycles. The van der Waals surface area contributed by atoms with E-state index >= 15 is 0 Å². The second-order valence-corrected chi connectivity index (χ2v) is 6.68. The van der Waals surface area contributed by atoms with Gasteiger partial charge in [0.1, 0.15) is 6.61 Å². The van der Waals surface area contributed by atoms with Gasteiger partial charge in [0.05, 0.1) is 11.0 Å². The highest BCUT2D eigenvalue weighted by molar-refractivity contribution is 6.06. The number of carbonyl (C=O) groups is 1. The molecule has 0 atom stereocenters. The van der Waals surface area contributed by atoms with Crippen molar-refractivity contribution in [3.63, 3.8) is 0 Å². The average Bonchev–Trinajstić information content (AvgIpc) is 2.80. The van der Waals surface area contributed by atoms with Gasteiger partial charge in [-0.05, 0) is 55.0 Å². The van der Waals surface area contributed by atoms with Crippen LogP contribution in [-0.2, 0) is 13.2 Å². The monoisotopic (exact) mass is 417 g/mol. The van der Waals surface area contributed by atoms with Crippen molar-refractivity contribution < 1.29 is 9.53 Å². The summed E-state index contributed by atoms with van der Waals surface area (Å²) in [6, 6.07) is 11.8. The maximum atomic E-state index is 12.8. The molecule has 0 aliphatic rings. The molecule has 2 N–H and O–H groups in total. The number of nitrogens with zero attached hydrogens (tertiary/aromatic N) is 3. The lowest BCUT2D eigenvalue weighted by Crippen LogP contribution is -2.36. The Morgan fingerprint density at radius 1 is 1.13 bits per heavy atom. The van der Waals surface area contributed by atoms with E-state index in [2.05, 4.69) is 20.3 Å². The van der Waals surface area contributed by atoms with E-state index in [1.54, 1.807) is 49.8 Å². The average molecular weight is 417 g/mol. The standard InChI is InChI=1S/C22H19N5O4/c1-2-27-17-6-5-15(12-16(17)25-21(29)22(27)30)20(28)26-19-18(4-3-9-24-19)31-13-14-7-10-23-11-8-14/h3-12H,2,13H2,1H3,(H,25,29)(H,24,26,28). The molecule has 3 aromatic heterocycles. The van der Waals surface area contributed by atoms with Crippen LogP contribution < -0.4 is 21.2 Å². The van der Waals surface area contributed by atoms with Crippen molar-refractivity contribution >= 4 is 22.8 Å². The minimum atomic E-state index is -0.733. The summed E-state index contributed by atoms with van der Waals surface area (Å²) in [4.78, 5) is 47.4.